The van der Waals surface area contributed by atoms with E-state index in [0.717, 1.165) is 33.9 Å². The Hall–Kier alpha value is -0.880. The SMILES string of the molecule is Cc1cc(C(=O)NC(CN)C2CC2)c2cc(Br)ccc2n1.Cl.Cl. The molecule has 7 heteroatoms. The van der Waals surface area contributed by atoms with Gasteiger partial charge in [0.15, 0.2) is 0 Å². The molecule has 0 radical (unpaired) electrons. The van der Waals surface area contributed by atoms with Crippen molar-refractivity contribution in [3.8, 4) is 0 Å². The summed E-state index contributed by atoms with van der Waals surface area (Å²) >= 11 is 3.45. The second-order valence-electron chi connectivity index (χ2n) is 5.63. The number of hydrogen-bond donors (Lipinski definition) is 2. The van der Waals surface area contributed by atoms with Crippen LogP contribution in [0.25, 0.3) is 10.9 Å². The van der Waals surface area contributed by atoms with Crippen LogP contribution in [0.2, 0.25) is 0 Å². The lowest BCUT2D eigenvalue weighted by Gasteiger charge is -2.17. The molecular weight excluding hydrogens is 401 g/mol. The number of halogens is 3. The third-order valence-electron chi connectivity index (χ3n) is 3.90. The van der Waals surface area contributed by atoms with Gasteiger partial charge >= 0.3 is 0 Å². The summed E-state index contributed by atoms with van der Waals surface area (Å²) in [6.45, 7) is 2.39. The molecule has 0 aliphatic heterocycles. The Morgan fingerprint density at radius 1 is 1.39 bits per heavy atom. The number of nitrogens with one attached hydrogen (secondary N) is 1. The number of pyridine rings is 1. The lowest BCUT2D eigenvalue weighted by atomic mass is 10.1. The third-order valence-corrected chi connectivity index (χ3v) is 4.40. The monoisotopic (exact) mass is 419 g/mol. The van der Waals surface area contributed by atoms with E-state index in [4.69, 9.17) is 5.73 Å². The van der Waals surface area contributed by atoms with Gasteiger partial charge in [0.2, 0.25) is 0 Å². The number of carbonyl (C=O) groups is 1. The van der Waals surface area contributed by atoms with Gasteiger partial charge in [-0.1, -0.05) is 15.9 Å². The number of aromatic nitrogens is 1. The summed E-state index contributed by atoms with van der Waals surface area (Å²) in [5.74, 6) is 0.478. The Bertz CT molecular complexity index is 707. The summed E-state index contributed by atoms with van der Waals surface area (Å²) in [7, 11) is 0. The van der Waals surface area contributed by atoms with Crippen molar-refractivity contribution in [2.45, 2.75) is 25.8 Å². The van der Waals surface area contributed by atoms with E-state index in [9.17, 15) is 4.79 Å². The molecule has 0 saturated heterocycles. The molecule has 3 rings (SSSR count). The fourth-order valence-corrected chi connectivity index (χ4v) is 2.99. The molecule has 4 nitrogen and oxygen atoms in total. The van der Waals surface area contributed by atoms with E-state index in [0.29, 0.717) is 18.0 Å². The number of nitrogens with zero attached hydrogens (tertiary/aromatic N) is 1. The van der Waals surface area contributed by atoms with Crippen molar-refractivity contribution < 1.29 is 4.79 Å². The van der Waals surface area contributed by atoms with Gasteiger partial charge in [-0.3, -0.25) is 9.78 Å². The fourth-order valence-electron chi connectivity index (χ4n) is 2.63. The minimum atomic E-state index is -0.0639. The van der Waals surface area contributed by atoms with E-state index in [1.807, 2.05) is 31.2 Å². The first-order valence-corrected chi connectivity index (χ1v) is 7.95. The molecular formula is C16H20BrCl2N3O. The topological polar surface area (TPSA) is 68.0 Å². The van der Waals surface area contributed by atoms with E-state index < -0.39 is 0 Å². The second kappa shape index (κ2) is 8.29. The smallest absolute Gasteiger partial charge is 0.252 e. The molecule has 1 aromatic carbocycles. The number of nitrogens with two attached hydrogens (primary N) is 1. The molecule has 1 aliphatic carbocycles. The van der Waals surface area contributed by atoms with Crippen LogP contribution in [0.1, 0.15) is 28.9 Å². The maximum atomic E-state index is 12.6. The number of amides is 1. The number of fused-ring (bicyclic) bond motifs is 1. The first kappa shape index (κ1) is 20.2. The zero-order chi connectivity index (χ0) is 15.0. The van der Waals surface area contributed by atoms with Gasteiger partial charge in [-0.25, -0.2) is 0 Å². The van der Waals surface area contributed by atoms with Crippen LogP contribution < -0.4 is 11.1 Å². The molecule has 0 spiro atoms. The number of carbonyl (C=O) groups excluding carboxylic acids is 1. The zero-order valence-corrected chi connectivity index (χ0v) is 15.9. The summed E-state index contributed by atoms with van der Waals surface area (Å²) in [4.78, 5) is 17.1. The number of hydrogen-bond acceptors (Lipinski definition) is 3. The summed E-state index contributed by atoms with van der Waals surface area (Å²) in [5, 5.41) is 3.94. The molecule has 1 aliphatic rings. The van der Waals surface area contributed by atoms with Crippen LogP contribution in [-0.4, -0.2) is 23.5 Å². The Labute approximate surface area is 156 Å². The molecule has 1 fully saturated rings. The van der Waals surface area contributed by atoms with E-state index in [2.05, 4.69) is 26.2 Å². The summed E-state index contributed by atoms with van der Waals surface area (Å²) in [6, 6.07) is 7.71. The van der Waals surface area contributed by atoms with Gasteiger partial charge in [0, 0.05) is 28.1 Å². The minimum absolute atomic E-state index is 0. The van der Waals surface area contributed by atoms with Crippen LogP contribution in [0.5, 0.6) is 0 Å². The highest BCUT2D eigenvalue weighted by molar-refractivity contribution is 9.10. The van der Waals surface area contributed by atoms with Crippen molar-refractivity contribution in [1.29, 1.82) is 0 Å². The highest BCUT2D eigenvalue weighted by Crippen LogP contribution is 2.32. The van der Waals surface area contributed by atoms with Crippen molar-refractivity contribution in [3.05, 3.63) is 40.0 Å². The molecule has 1 saturated carbocycles. The van der Waals surface area contributed by atoms with Crippen LogP contribution in [0.3, 0.4) is 0 Å². The van der Waals surface area contributed by atoms with Gasteiger partial charge < -0.3 is 11.1 Å². The lowest BCUT2D eigenvalue weighted by Crippen LogP contribution is -2.41. The van der Waals surface area contributed by atoms with Crippen molar-refractivity contribution in [2.75, 3.05) is 6.54 Å². The van der Waals surface area contributed by atoms with Crippen LogP contribution in [-0.2, 0) is 0 Å². The Morgan fingerprint density at radius 2 is 2.09 bits per heavy atom. The number of benzene rings is 1. The van der Waals surface area contributed by atoms with Gasteiger partial charge in [0.25, 0.3) is 5.91 Å². The highest BCUT2D eigenvalue weighted by atomic mass is 79.9. The average molecular weight is 421 g/mol. The molecule has 1 unspecified atom stereocenters. The molecule has 1 aromatic heterocycles. The predicted molar refractivity (Wildman–Crippen MR) is 102 cm³/mol. The maximum Gasteiger partial charge on any atom is 0.252 e. The fraction of sp³-hybridized carbons (Fsp3) is 0.375. The first-order valence-electron chi connectivity index (χ1n) is 7.16. The van der Waals surface area contributed by atoms with E-state index >= 15 is 0 Å². The second-order valence-corrected chi connectivity index (χ2v) is 6.54. The summed E-state index contributed by atoms with van der Waals surface area (Å²) in [6.07, 6.45) is 2.31. The standard InChI is InChI=1S/C16H18BrN3O.2ClH/c1-9-6-13(12-7-11(17)4-5-14(12)19-9)16(21)20-15(8-18)10-2-3-10;;/h4-7,10,15H,2-3,8,18H2,1H3,(H,20,21);2*1H. The molecule has 1 heterocycles. The third kappa shape index (κ3) is 4.57. The molecule has 1 atom stereocenters. The quantitative estimate of drug-likeness (QED) is 0.793. The van der Waals surface area contributed by atoms with E-state index in [-0.39, 0.29) is 36.8 Å². The molecule has 0 bridgehead atoms. The van der Waals surface area contributed by atoms with Crippen LogP contribution in [0.4, 0.5) is 0 Å². The Balaban J connectivity index is 0.00000132. The predicted octanol–water partition coefficient (Wildman–Crippen LogP) is 3.62. The Kier molecular flexibility index (Phi) is 7.27. The molecule has 2 aromatic rings. The van der Waals surface area contributed by atoms with Gasteiger partial charge in [-0.05, 0) is 49.9 Å². The zero-order valence-electron chi connectivity index (χ0n) is 12.7. The van der Waals surface area contributed by atoms with Crippen molar-refractivity contribution in [2.24, 2.45) is 11.7 Å². The van der Waals surface area contributed by atoms with Crippen LogP contribution in [0.15, 0.2) is 28.7 Å². The summed E-state index contributed by atoms with van der Waals surface area (Å²) < 4.78 is 0.937. The normalized spacial score (nSPS) is 14.6. The van der Waals surface area contributed by atoms with Crippen molar-refractivity contribution in [3.63, 3.8) is 0 Å². The molecule has 3 N–H and O–H groups in total. The lowest BCUT2D eigenvalue weighted by molar-refractivity contribution is 0.0935. The van der Waals surface area contributed by atoms with Crippen molar-refractivity contribution in [1.82, 2.24) is 10.3 Å². The average Bonchev–Trinajstić information content (AvgIpc) is 3.28. The van der Waals surface area contributed by atoms with Gasteiger partial charge in [0.1, 0.15) is 0 Å². The van der Waals surface area contributed by atoms with Crippen LogP contribution >= 0.6 is 40.7 Å². The van der Waals surface area contributed by atoms with Gasteiger partial charge in [-0.15, -0.1) is 24.8 Å². The van der Waals surface area contributed by atoms with Gasteiger partial charge in [-0.2, -0.15) is 0 Å². The highest BCUT2D eigenvalue weighted by Gasteiger charge is 2.31. The number of aryl methyl sites for hydroxylation is 1. The van der Waals surface area contributed by atoms with Gasteiger partial charge in [0.05, 0.1) is 11.1 Å². The molecule has 1 amide bonds. The van der Waals surface area contributed by atoms with E-state index in [1.165, 1.54) is 0 Å². The molecule has 126 valence electrons. The minimum Gasteiger partial charge on any atom is -0.348 e. The van der Waals surface area contributed by atoms with Crippen LogP contribution in [0, 0.1) is 12.8 Å². The largest absolute Gasteiger partial charge is 0.348 e. The van der Waals surface area contributed by atoms with E-state index in [1.54, 1.807) is 0 Å². The maximum absolute atomic E-state index is 12.6. The first-order chi connectivity index (χ1) is 10.1. The number of rotatable bonds is 4. The summed E-state index contributed by atoms with van der Waals surface area (Å²) in [5.41, 5.74) is 8.11. The van der Waals surface area contributed by atoms with Crippen molar-refractivity contribution >= 4 is 57.6 Å². The molecule has 23 heavy (non-hydrogen) atoms. The Morgan fingerprint density at radius 3 is 2.70 bits per heavy atom.